The number of carbonyl (C=O) groups is 1. The Labute approximate surface area is 241 Å². The molecule has 1 aliphatic rings. The van der Waals surface area contributed by atoms with Gasteiger partial charge < -0.3 is 14.4 Å². The van der Waals surface area contributed by atoms with Crippen LogP contribution in [0.1, 0.15) is 24.8 Å². The summed E-state index contributed by atoms with van der Waals surface area (Å²) < 4.78 is 29.6. The van der Waals surface area contributed by atoms with Crippen molar-refractivity contribution in [1.82, 2.24) is 24.6 Å². The summed E-state index contributed by atoms with van der Waals surface area (Å²) in [6.07, 6.45) is 2.12. The molecule has 3 heterocycles. The van der Waals surface area contributed by atoms with Gasteiger partial charge in [0, 0.05) is 50.3 Å². The summed E-state index contributed by atoms with van der Waals surface area (Å²) in [6.45, 7) is 3.02. The van der Waals surface area contributed by atoms with Gasteiger partial charge in [-0.3, -0.25) is 4.79 Å². The van der Waals surface area contributed by atoms with Crippen molar-refractivity contribution in [2.24, 2.45) is 0 Å². The standard InChI is InChI=1S/C31H30F2N6OS/c32-23-14-12-22(13-15-23)21-39-26-9-3-1-7-24(26)29-30(39)34-31(36-35-29)41-20-6-5-11-28(40)38-18-16-37(17-19-38)27-10-4-2-8-25(27)33/h1-4,7-10,12-15H,5-6,11,16-21H2. The number of benzene rings is 3. The minimum absolute atomic E-state index is 0.146. The lowest BCUT2D eigenvalue weighted by Crippen LogP contribution is -2.49. The Balaban J connectivity index is 1.03. The molecule has 0 unspecified atom stereocenters. The van der Waals surface area contributed by atoms with Gasteiger partial charge in [0.15, 0.2) is 5.65 Å². The number of nitrogens with zero attached hydrogens (tertiary/aromatic N) is 6. The molecule has 7 nitrogen and oxygen atoms in total. The molecule has 3 aromatic carbocycles. The molecule has 0 N–H and O–H groups in total. The summed E-state index contributed by atoms with van der Waals surface area (Å²) in [4.78, 5) is 21.5. The van der Waals surface area contributed by atoms with Crippen molar-refractivity contribution in [3.63, 3.8) is 0 Å². The number of rotatable bonds is 9. The van der Waals surface area contributed by atoms with Crippen LogP contribution in [0, 0.1) is 11.6 Å². The number of anilines is 1. The number of halogens is 2. The summed E-state index contributed by atoms with van der Waals surface area (Å²) in [7, 11) is 0. The SMILES string of the molecule is O=C(CCCCSc1nnc2c3ccccc3n(Cc3ccc(F)cc3)c2n1)N1CCN(c2ccccc2F)CC1. The van der Waals surface area contributed by atoms with Gasteiger partial charge in [0.1, 0.15) is 17.2 Å². The van der Waals surface area contributed by atoms with Gasteiger partial charge in [0.2, 0.25) is 11.1 Å². The Morgan fingerprint density at radius 2 is 1.61 bits per heavy atom. The molecule has 41 heavy (non-hydrogen) atoms. The molecular weight excluding hydrogens is 542 g/mol. The zero-order valence-corrected chi connectivity index (χ0v) is 23.4. The van der Waals surface area contributed by atoms with Crippen molar-refractivity contribution in [2.75, 3.05) is 36.8 Å². The lowest BCUT2D eigenvalue weighted by atomic mass is 10.2. The van der Waals surface area contributed by atoms with Crippen LogP contribution >= 0.6 is 11.8 Å². The molecule has 0 bridgehead atoms. The van der Waals surface area contributed by atoms with Crippen molar-refractivity contribution in [1.29, 1.82) is 0 Å². The van der Waals surface area contributed by atoms with Crippen LogP contribution in [0.15, 0.2) is 78.0 Å². The quantitative estimate of drug-likeness (QED) is 0.161. The van der Waals surface area contributed by atoms with Crippen LogP contribution in [0.5, 0.6) is 0 Å². The van der Waals surface area contributed by atoms with Crippen molar-refractivity contribution in [2.45, 2.75) is 31.0 Å². The predicted molar refractivity (Wildman–Crippen MR) is 158 cm³/mol. The third-order valence-corrected chi connectivity index (χ3v) is 8.37. The Morgan fingerprint density at radius 3 is 2.41 bits per heavy atom. The van der Waals surface area contributed by atoms with E-state index in [1.165, 1.54) is 30.0 Å². The fourth-order valence-corrected chi connectivity index (χ4v) is 6.07. The van der Waals surface area contributed by atoms with Crippen LogP contribution in [0.2, 0.25) is 0 Å². The van der Waals surface area contributed by atoms with Crippen LogP contribution in [-0.4, -0.2) is 62.5 Å². The second-order valence-corrected chi connectivity index (χ2v) is 11.2. The smallest absolute Gasteiger partial charge is 0.222 e. The first kappa shape index (κ1) is 27.1. The van der Waals surface area contributed by atoms with Gasteiger partial charge in [-0.2, -0.15) is 0 Å². The number of amides is 1. The number of thioether (sulfide) groups is 1. The second kappa shape index (κ2) is 12.2. The normalized spacial score (nSPS) is 13.8. The van der Waals surface area contributed by atoms with Crippen molar-refractivity contribution in [3.05, 3.63) is 90.0 Å². The zero-order chi connectivity index (χ0) is 28.2. The molecule has 0 aliphatic carbocycles. The fraction of sp³-hybridized carbons (Fsp3) is 0.290. The van der Waals surface area contributed by atoms with Gasteiger partial charge >= 0.3 is 0 Å². The van der Waals surface area contributed by atoms with E-state index in [-0.39, 0.29) is 17.5 Å². The van der Waals surface area contributed by atoms with Gasteiger partial charge in [-0.05, 0) is 48.7 Å². The summed E-state index contributed by atoms with van der Waals surface area (Å²) in [5, 5.41) is 10.4. The number of carbonyl (C=O) groups excluding carboxylic acids is 1. The highest BCUT2D eigenvalue weighted by Gasteiger charge is 2.22. The number of piperazine rings is 1. The Kier molecular flexibility index (Phi) is 8.09. The molecule has 6 rings (SSSR count). The summed E-state index contributed by atoms with van der Waals surface area (Å²) in [5.41, 5.74) is 4.07. The van der Waals surface area contributed by atoms with Gasteiger partial charge in [-0.25, -0.2) is 13.8 Å². The van der Waals surface area contributed by atoms with E-state index >= 15 is 0 Å². The molecule has 0 radical (unpaired) electrons. The first-order valence-corrected chi connectivity index (χ1v) is 14.8. The first-order valence-electron chi connectivity index (χ1n) is 13.8. The van der Waals surface area contributed by atoms with E-state index in [1.54, 1.807) is 24.3 Å². The molecule has 5 aromatic rings. The van der Waals surface area contributed by atoms with E-state index in [9.17, 15) is 13.6 Å². The van der Waals surface area contributed by atoms with Gasteiger partial charge in [0.25, 0.3) is 0 Å². The first-order chi connectivity index (χ1) is 20.1. The van der Waals surface area contributed by atoms with E-state index < -0.39 is 0 Å². The van der Waals surface area contributed by atoms with E-state index in [0.29, 0.717) is 50.0 Å². The molecular formula is C31H30F2N6OS. The molecule has 1 aliphatic heterocycles. The average molecular weight is 573 g/mol. The van der Waals surface area contributed by atoms with Crippen LogP contribution in [0.3, 0.4) is 0 Å². The zero-order valence-electron chi connectivity index (χ0n) is 22.5. The molecule has 1 saturated heterocycles. The number of fused-ring (bicyclic) bond motifs is 3. The number of hydrogen-bond acceptors (Lipinski definition) is 6. The number of hydrogen-bond donors (Lipinski definition) is 0. The number of aromatic nitrogens is 4. The predicted octanol–water partition coefficient (Wildman–Crippen LogP) is 5.92. The van der Waals surface area contributed by atoms with E-state index in [0.717, 1.165) is 46.2 Å². The van der Waals surface area contributed by atoms with Crippen molar-refractivity contribution < 1.29 is 13.6 Å². The minimum atomic E-state index is -0.261. The molecule has 0 saturated carbocycles. The Bertz CT molecular complexity index is 1670. The van der Waals surface area contributed by atoms with Crippen LogP contribution in [0.4, 0.5) is 14.5 Å². The Hall–Kier alpha value is -4.05. The number of unbranched alkanes of at least 4 members (excludes halogenated alkanes) is 1. The second-order valence-electron chi connectivity index (χ2n) is 10.1. The molecule has 0 atom stereocenters. The third kappa shape index (κ3) is 6.02. The van der Waals surface area contributed by atoms with Crippen LogP contribution in [0.25, 0.3) is 22.1 Å². The van der Waals surface area contributed by atoms with E-state index in [4.69, 9.17) is 4.98 Å². The summed E-state index contributed by atoms with van der Waals surface area (Å²) >= 11 is 1.53. The fourth-order valence-electron chi connectivity index (χ4n) is 5.29. The van der Waals surface area contributed by atoms with Gasteiger partial charge in [0.05, 0.1) is 11.2 Å². The Morgan fingerprint density at radius 1 is 0.854 bits per heavy atom. The highest BCUT2D eigenvalue weighted by molar-refractivity contribution is 7.99. The van der Waals surface area contributed by atoms with Gasteiger partial charge in [-0.15, -0.1) is 10.2 Å². The third-order valence-electron chi connectivity index (χ3n) is 7.45. The monoisotopic (exact) mass is 572 g/mol. The van der Waals surface area contributed by atoms with Gasteiger partial charge in [-0.1, -0.05) is 54.2 Å². The lowest BCUT2D eigenvalue weighted by Gasteiger charge is -2.36. The maximum absolute atomic E-state index is 14.1. The minimum Gasteiger partial charge on any atom is -0.366 e. The summed E-state index contributed by atoms with van der Waals surface area (Å²) in [6, 6.07) is 21.3. The van der Waals surface area contributed by atoms with Crippen molar-refractivity contribution >= 4 is 45.4 Å². The maximum Gasteiger partial charge on any atom is 0.222 e. The molecule has 210 valence electrons. The van der Waals surface area contributed by atoms with Crippen molar-refractivity contribution in [3.8, 4) is 0 Å². The largest absolute Gasteiger partial charge is 0.366 e. The molecule has 2 aromatic heterocycles. The van der Waals surface area contributed by atoms with Crippen LogP contribution < -0.4 is 4.90 Å². The lowest BCUT2D eigenvalue weighted by molar-refractivity contribution is -0.131. The summed E-state index contributed by atoms with van der Waals surface area (Å²) in [5.74, 6) is 0.438. The molecule has 0 spiro atoms. The molecule has 10 heteroatoms. The highest BCUT2D eigenvalue weighted by Crippen LogP contribution is 2.28. The maximum atomic E-state index is 14.1. The highest BCUT2D eigenvalue weighted by atomic mass is 32.2. The number of para-hydroxylation sites is 2. The van der Waals surface area contributed by atoms with E-state index in [1.807, 2.05) is 40.1 Å². The average Bonchev–Trinajstić information content (AvgIpc) is 3.31. The van der Waals surface area contributed by atoms with Crippen LogP contribution in [-0.2, 0) is 11.3 Å². The topological polar surface area (TPSA) is 67.2 Å². The van der Waals surface area contributed by atoms with E-state index in [2.05, 4.69) is 14.8 Å². The molecule has 1 fully saturated rings. The molecule has 1 amide bonds.